The van der Waals surface area contributed by atoms with E-state index in [0.29, 0.717) is 24.6 Å². The van der Waals surface area contributed by atoms with Crippen molar-refractivity contribution < 1.29 is 14.5 Å². The molecule has 33 heavy (non-hydrogen) atoms. The molecule has 0 fully saturated rings. The standard InChI is InChI=1S/C24H27N5O4/c1-24(2,3)33-23(30)26-16-18-9-11-19(12-10-18)27-22-20(29(31)32)13-14-21(28-22)25-15-17-7-5-4-6-8-17/h4-14H,15-16H2,1-3H3,(H,26,30)(H2,25,27,28). The summed E-state index contributed by atoms with van der Waals surface area (Å²) in [4.78, 5) is 27.2. The molecule has 1 heterocycles. The number of nitrogens with zero attached hydrogens (tertiary/aromatic N) is 2. The zero-order valence-electron chi connectivity index (χ0n) is 18.8. The maximum atomic E-state index is 11.8. The summed E-state index contributed by atoms with van der Waals surface area (Å²) < 4.78 is 5.22. The molecule has 0 unspecified atom stereocenters. The van der Waals surface area contributed by atoms with Gasteiger partial charge in [-0.25, -0.2) is 9.78 Å². The van der Waals surface area contributed by atoms with Gasteiger partial charge in [-0.05, 0) is 50.1 Å². The molecule has 1 amide bonds. The van der Waals surface area contributed by atoms with Crippen molar-refractivity contribution in [3.63, 3.8) is 0 Å². The highest BCUT2D eigenvalue weighted by Crippen LogP contribution is 2.27. The van der Waals surface area contributed by atoms with Gasteiger partial charge in [0.25, 0.3) is 0 Å². The summed E-state index contributed by atoms with van der Waals surface area (Å²) in [7, 11) is 0. The van der Waals surface area contributed by atoms with Crippen molar-refractivity contribution >= 4 is 29.1 Å². The minimum atomic E-state index is -0.565. The third kappa shape index (κ3) is 7.49. The van der Waals surface area contributed by atoms with Crippen molar-refractivity contribution in [2.45, 2.75) is 39.5 Å². The fourth-order valence-corrected chi connectivity index (χ4v) is 2.91. The summed E-state index contributed by atoms with van der Waals surface area (Å²) in [5.74, 6) is 0.655. The Morgan fingerprint density at radius 1 is 0.970 bits per heavy atom. The molecule has 0 radical (unpaired) electrons. The molecule has 9 heteroatoms. The van der Waals surface area contributed by atoms with E-state index in [9.17, 15) is 14.9 Å². The molecule has 2 aromatic carbocycles. The van der Waals surface area contributed by atoms with Gasteiger partial charge in [0, 0.05) is 24.8 Å². The third-order valence-corrected chi connectivity index (χ3v) is 4.44. The molecule has 0 spiro atoms. The van der Waals surface area contributed by atoms with E-state index in [2.05, 4.69) is 20.9 Å². The number of carbonyl (C=O) groups is 1. The van der Waals surface area contributed by atoms with Gasteiger partial charge >= 0.3 is 11.8 Å². The van der Waals surface area contributed by atoms with Crippen LogP contribution in [0, 0.1) is 10.1 Å². The van der Waals surface area contributed by atoms with Crippen molar-refractivity contribution in [3.8, 4) is 0 Å². The molecule has 0 aliphatic rings. The number of amides is 1. The predicted octanol–water partition coefficient (Wildman–Crippen LogP) is 5.37. The lowest BCUT2D eigenvalue weighted by Gasteiger charge is -2.19. The molecule has 0 aliphatic heterocycles. The Morgan fingerprint density at radius 2 is 1.64 bits per heavy atom. The highest BCUT2D eigenvalue weighted by Gasteiger charge is 2.17. The number of pyridine rings is 1. The maximum Gasteiger partial charge on any atom is 0.407 e. The Morgan fingerprint density at radius 3 is 2.27 bits per heavy atom. The largest absolute Gasteiger partial charge is 0.444 e. The predicted molar refractivity (Wildman–Crippen MR) is 127 cm³/mol. The van der Waals surface area contributed by atoms with Crippen molar-refractivity contribution in [2.24, 2.45) is 0 Å². The van der Waals surface area contributed by atoms with Crippen molar-refractivity contribution in [1.29, 1.82) is 0 Å². The molecule has 0 aliphatic carbocycles. The molecule has 1 aromatic heterocycles. The number of benzene rings is 2. The van der Waals surface area contributed by atoms with E-state index in [-0.39, 0.29) is 11.5 Å². The van der Waals surface area contributed by atoms with Gasteiger partial charge in [-0.3, -0.25) is 10.1 Å². The highest BCUT2D eigenvalue weighted by molar-refractivity contribution is 5.69. The fraction of sp³-hybridized carbons (Fsp3) is 0.250. The first-order valence-corrected chi connectivity index (χ1v) is 10.5. The minimum Gasteiger partial charge on any atom is -0.444 e. The number of hydrogen-bond acceptors (Lipinski definition) is 7. The normalized spacial score (nSPS) is 10.9. The molecule has 0 atom stereocenters. The Kier molecular flexibility index (Phi) is 7.45. The average molecular weight is 450 g/mol. The van der Waals surface area contributed by atoms with Crippen LogP contribution in [0.15, 0.2) is 66.7 Å². The van der Waals surface area contributed by atoms with Crippen molar-refractivity contribution in [3.05, 3.63) is 88.0 Å². The van der Waals surface area contributed by atoms with Crippen LogP contribution in [0.5, 0.6) is 0 Å². The summed E-state index contributed by atoms with van der Waals surface area (Å²) in [6, 6.07) is 19.9. The van der Waals surface area contributed by atoms with Gasteiger partial charge in [0.15, 0.2) is 0 Å². The zero-order chi connectivity index (χ0) is 23.8. The van der Waals surface area contributed by atoms with Crippen molar-refractivity contribution in [1.82, 2.24) is 10.3 Å². The lowest BCUT2D eigenvalue weighted by atomic mass is 10.2. The SMILES string of the molecule is CC(C)(C)OC(=O)NCc1ccc(Nc2nc(NCc3ccccc3)ccc2[N+](=O)[O-])cc1. The maximum absolute atomic E-state index is 11.8. The zero-order valence-corrected chi connectivity index (χ0v) is 18.8. The van der Waals surface area contributed by atoms with E-state index in [1.54, 1.807) is 39.0 Å². The topological polar surface area (TPSA) is 118 Å². The van der Waals surface area contributed by atoms with Gasteiger partial charge in [-0.1, -0.05) is 42.5 Å². The molecular weight excluding hydrogens is 422 g/mol. The molecule has 3 rings (SSSR count). The van der Waals surface area contributed by atoms with Crippen LogP contribution in [0.3, 0.4) is 0 Å². The smallest absolute Gasteiger partial charge is 0.407 e. The number of carbonyl (C=O) groups excluding carboxylic acids is 1. The van der Waals surface area contributed by atoms with Crippen LogP contribution in [-0.2, 0) is 17.8 Å². The summed E-state index contributed by atoms with van der Waals surface area (Å²) in [5.41, 5.74) is 1.86. The van der Waals surface area contributed by atoms with E-state index >= 15 is 0 Å². The number of anilines is 3. The quantitative estimate of drug-likeness (QED) is 0.312. The Hall–Kier alpha value is -4.14. The molecule has 0 bridgehead atoms. The second-order valence-corrected chi connectivity index (χ2v) is 8.34. The number of rotatable bonds is 8. The summed E-state index contributed by atoms with van der Waals surface area (Å²) in [6.07, 6.45) is -0.496. The van der Waals surface area contributed by atoms with Gasteiger partial charge in [0.1, 0.15) is 11.4 Å². The van der Waals surface area contributed by atoms with Crippen LogP contribution >= 0.6 is 0 Å². The average Bonchev–Trinajstić information content (AvgIpc) is 2.77. The van der Waals surface area contributed by atoms with E-state index < -0.39 is 16.6 Å². The fourth-order valence-electron chi connectivity index (χ4n) is 2.91. The number of nitrogens with one attached hydrogen (secondary N) is 3. The van der Waals surface area contributed by atoms with Crippen LogP contribution in [0.4, 0.5) is 27.8 Å². The van der Waals surface area contributed by atoms with E-state index in [4.69, 9.17) is 4.74 Å². The third-order valence-electron chi connectivity index (χ3n) is 4.44. The lowest BCUT2D eigenvalue weighted by Crippen LogP contribution is -2.32. The van der Waals surface area contributed by atoms with Crippen LogP contribution < -0.4 is 16.0 Å². The molecule has 172 valence electrons. The first-order valence-electron chi connectivity index (χ1n) is 10.5. The molecular formula is C24H27N5O4. The second kappa shape index (κ2) is 10.4. The van der Waals surface area contributed by atoms with Gasteiger partial charge in [0.2, 0.25) is 5.82 Å². The second-order valence-electron chi connectivity index (χ2n) is 8.34. The number of alkyl carbamates (subject to hydrolysis) is 1. The number of hydrogen-bond donors (Lipinski definition) is 3. The number of ether oxygens (including phenoxy) is 1. The minimum absolute atomic E-state index is 0.129. The Balaban J connectivity index is 1.65. The Labute approximate surface area is 192 Å². The first-order chi connectivity index (χ1) is 15.7. The van der Waals surface area contributed by atoms with E-state index in [1.165, 1.54) is 6.07 Å². The molecule has 3 N–H and O–H groups in total. The van der Waals surface area contributed by atoms with E-state index in [0.717, 1.165) is 11.1 Å². The van der Waals surface area contributed by atoms with Gasteiger partial charge in [0.05, 0.1) is 4.92 Å². The van der Waals surface area contributed by atoms with Crippen LogP contribution in [-0.4, -0.2) is 21.6 Å². The van der Waals surface area contributed by atoms with Crippen LogP contribution in [0.25, 0.3) is 0 Å². The number of aromatic nitrogens is 1. The summed E-state index contributed by atoms with van der Waals surface area (Å²) in [6.45, 7) is 6.24. The van der Waals surface area contributed by atoms with Crippen LogP contribution in [0.2, 0.25) is 0 Å². The van der Waals surface area contributed by atoms with Crippen molar-refractivity contribution in [2.75, 3.05) is 10.6 Å². The van der Waals surface area contributed by atoms with Gasteiger partial charge < -0.3 is 20.7 Å². The Bertz CT molecular complexity index is 1100. The van der Waals surface area contributed by atoms with Gasteiger partial charge in [-0.2, -0.15) is 0 Å². The van der Waals surface area contributed by atoms with E-state index in [1.807, 2.05) is 42.5 Å². The monoisotopic (exact) mass is 449 g/mol. The molecule has 0 saturated heterocycles. The molecule has 9 nitrogen and oxygen atoms in total. The summed E-state index contributed by atoms with van der Waals surface area (Å²) in [5, 5.41) is 20.3. The number of nitro groups is 1. The first kappa shape index (κ1) is 23.5. The lowest BCUT2D eigenvalue weighted by molar-refractivity contribution is -0.384. The van der Waals surface area contributed by atoms with Gasteiger partial charge in [-0.15, -0.1) is 0 Å². The molecule has 3 aromatic rings. The summed E-state index contributed by atoms with van der Waals surface area (Å²) >= 11 is 0. The highest BCUT2D eigenvalue weighted by atomic mass is 16.6. The molecule has 0 saturated carbocycles. The van der Waals surface area contributed by atoms with Crippen LogP contribution in [0.1, 0.15) is 31.9 Å².